The highest BCUT2D eigenvalue weighted by atomic mass is 16.6. The molecule has 1 spiro atoms. The van der Waals surface area contributed by atoms with Gasteiger partial charge in [-0.3, -0.25) is 10.1 Å². The lowest BCUT2D eigenvalue weighted by Crippen LogP contribution is -2.26. The Hall–Kier alpha value is -5.80. The highest BCUT2D eigenvalue weighted by molar-refractivity contribution is 6.12. The van der Waals surface area contributed by atoms with Crippen molar-refractivity contribution in [3.63, 3.8) is 0 Å². The molecule has 2 aliphatic carbocycles. The maximum Gasteiger partial charge on any atom is 0.277 e. The van der Waals surface area contributed by atoms with E-state index in [1.807, 2.05) is 24.3 Å². The van der Waals surface area contributed by atoms with Crippen molar-refractivity contribution in [2.45, 2.75) is 5.41 Å². The Morgan fingerprint density at radius 1 is 0.432 bits per heavy atom. The maximum atomic E-state index is 12.3. The van der Waals surface area contributed by atoms with Crippen molar-refractivity contribution in [3.8, 4) is 44.5 Å². The molecule has 0 aromatic heterocycles. The largest absolute Gasteiger partial charge is 0.277 e. The number of nitro groups is 1. The van der Waals surface area contributed by atoms with Crippen LogP contribution in [-0.4, -0.2) is 4.92 Å². The zero-order valence-electron chi connectivity index (χ0n) is 23.7. The Morgan fingerprint density at radius 3 is 1.80 bits per heavy atom. The molecule has 0 radical (unpaired) electrons. The van der Waals surface area contributed by atoms with Gasteiger partial charge in [-0.1, -0.05) is 127 Å². The molecule has 0 saturated heterocycles. The van der Waals surface area contributed by atoms with Crippen LogP contribution in [0.3, 0.4) is 0 Å². The molecule has 0 fully saturated rings. The molecule has 7 aromatic rings. The zero-order chi connectivity index (χ0) is 29.4. The van der Waals surface area contributed by atoms with Gasteiger partial charge in [0.1, 0.15) is 0 Å². The summed E-state index contributed by atoms with van der Waals surface area (Å²) in [5.41, 5.74) is 13.2. The Kier molecular flexibility index (Phi) is 5.12. The summed E-state index contributed by atoms with van der Waals surface area (Å²) in [5, 5.41) is 14.4. The first-order chi connectivity index (χ1) is 21.7. The van der Waals surface area contributed by atoms with Gasteiger partial charge in [0, 0.05) is 6.07 Å². The van der Waals surface area contributed by atoms with Gasteiger partial charge < -0.3 is 0 Å². The van der Waals surface area contributed by atoms with Crippen molar-refractivity contribution in [3.05, 3.63) is 184 Å². The van der Waals surface area contributed by atoms with E-state index in [1.165, 1.54) is 55.6 Å². The van der Waals surface area contributed by atoms with Gasteiger partial charge >= 0.3 is 0 Å². The van der Waals surface area contributed by atoms with Crippen LogP contribution in [0.15, 0.2) is 152 Å². The van der Waals surface area contributed by atoms with Crippen LogP contribution in [0.4, 0.5) is 5.69 Å². The molecule has 0 bridgehead atoms. The number of hydrogen-bond acceptors (Lipinski definition) is 2. The van der Waals surface area contributed by atoms with E-state index >= 15 is 0 Å². The van der Waals surface area contributed by atoms with Crippen molar-refractivity contribution >= 4 is 16.5 Å². The SMILES string of the molecule is O=[N+]([O-])c1ccccc1-c1cc2c(c3ccccc13)-c1ccccc1C21c2ccccc2-c2ccc(-c3ccccc3)cc21. The minimum Gasteiger partial charge on any atom is -0.258 e. The van der Waals surface area contributed by atoms with Crippen LogP contribution in [0.1, 0.15) is 22.3 Å². The highest BCUT2D eigenvalue weighted by Crippen LogP contribution is 2.64. The number of para-hydroxylation sites is 1. The second kappa shape index (κ2) is 9.10. The predicted molar refractivity (Wildman–Crippen MR) is 178 cm³/mol. The predicted octanol–water partition coefficient (Wildman–Crippen LogP) is 10.4. The lowest BCUT2D eigenvalue weighted by molar-refractivity contribution is -0.384. The van der Waals surface area contributed by atoms with Gasteiger partial charge in [0.05, 0.1) is 15.9 Å². The molecule has 3 heteroatoms. The summed E-state index contributed by atoms with van der Waals surface area (Å²) < 4.78 is 0. The minimum absolute atomic E-state index is 0.112. The molecular weight excluding hydrogens is 538 g/mol. The van der Waals surface area contributed by atoms with Gasteiger partial charge in [-0.25, -0.2) is 0 Å². The first kappa shape index (κ1) is 24.8. The Balaban J connectivity index is 1.47. The van der Waals surface area contributed by atoms with Crippen molar-refractivity contribution in [1.29, 1.82) is 0 Å². The summed E-state index contributed by atoms with van der Waals surface area (Å²) in [4.78, 5) is 12.0. The van der Waals surface area contributed by atoms with E-state index in [-0.39, 0.29) is 10.6 Å². The summed E-state index contributed by atoms with van der Waals surface area (Å²) in [7, 11) is 0. The first-order valence-electron chi connectivity index (χ1n) is 14.9. The van der Waals surface area contributed by atoms with Gasteiger partial charge in [-0.05, 0) is 90.2 Å². The molecule has 3 nitrogen and oxygen atoms in total. The number of fused-ring (bicyclic) bond motifs is 12. The van der Waals surface area contributed by atoms with Crippen LogP contribution >= 0.6 is 0 Å². The smallest absolute Gasteiger partial charge is 0.258 e. The summed E-state index contributed by atoms with van der Waals surface area (Å²) in [6, 6.07) is 52.7. The average molecular weight is 564 g/mol. The van der Waals surface area contributed by atoms with Crippen LogP contribution in [-0.2, 0) is 5.41 Å². The van der Waals surface area contributed by atoms with Gasteiger partial charge in [-0.15, -0.1) is 0 Å². The summed E-state index contributed by atoms with van der Waals surface area (Å²) in [6.45, 7) is 0. The van der Waals surface area contributed by atoms with E-state index in [9.17, 15) is 10.1 Å². The highest BCUT2D eigenvalue weighted by Gasteiger charge is 2.52. The quantitative estimate of drug-likeness (QED) is 0.159. The third-order valence-corrected chi connectivity index (χ3v) is 9.59. The van der Waals surface area contributed by atoms with E-state index in [1.54, 1.807) is 12.1 Å². The molecule has 0 saturated carbocycles. The van der Waals surface area contributed by atoms with Crippen LogP contribution < -0.4 is 0 Å². The lowest BCUT2D eigenvalue weighted by atomic mass is 9.69. The Morgan fingerprint density at radius 2 is 1.02 bits per heavy atom. The lowest BCUT2D eigenvalue weighted by Gasteiger charge is -2.31. The maximum absolute atomic E-state index is 12.3. The Bertz CT molecular complexity index is 2320. The topological polar surface area (TPSA) is 43.1 Å². The zero-order valence-corrected chi connectivity index (χ0v) is 23.7. The number of nitrogens with zero attached hydrogens (tertiary/aromatic N) is 1. The monoisotopic (exact) mass is 563 g/mol. The molecular formula is C41H25NO2. The van der Waals surface area contributed by atoms with Crippen molar-refractivity contribution in [1.82, 2.24) is 0 Å². The van der Waals surface area contributed by atoms with Gasteiger partial charge in [-0.2, -0.15) is 0 Å². The van der Waals surface area contributed by atoms with Crippen LogP contribution in [0.5, 0.6) is 0 Å². The van der Waals surface area contributed by atoms with Crippen LogP contribution in [0.25, 0.3) is 55.3 Å². The molecule has 206 valence electrons. The van der Waals surface area contributed by atoms with Gasteiger partial charge in [0.25, 0.3) is 5.69 Å². The van der Waals surface area contributed by atoms with Crippen molar-refractivity contribution < 1.29 is 4.92 Å². The van der Waals surface area contributed by atoms with Gasteiger partial charge in [0.2, 0.25) is 0 Å². The number of benzene rings is 7. The molecule has 0 aliphatic heterocycles. The second-order valence-electron chi connectivity index (χ2n) is 11.6. The third-order valence-electron chi connectivity index (χ3n) is 9.59. The molecule has 7 aromatic carbocycles. The normalized spacial score (nSPS) is 15.5. The summed E-state index contributed by atoms with van der Waals surface area (Å²) >= 11 is 0. The third kappa shape index (κ3) is 3.16. The molecule has 1 unspecified atom stereocenters. The van der Waals surface area contributed by atoms with Crippen LogP contribution in [0, 0.1) is 10.1 Å². The summed E-state index contributed by atoms with van der Waals surface area (Å²) in [6.07, 6.45) is 0. The molecule has 0 N–H and O–H groups in total. The Labute approximate surface area is 254 Å². The van der Waals surface area contributed by atoms with Crippen molar-refractivity contribution in [2.75, 3.05) is 0 Å². The van der Waals surface area contributed by atoms with E-state index in [4.69, 9.17) is 0 Å². The van der Waals surface area contributed by atoms with Crippen LogP contribution in [0.2, 0.25) is 0 Å². The van der Waals surface area contributed by atoms with E-state index < -0.39 is 5.41 Å². The van der Waals surface area contributed by atoms with Crippen molar-refractivity contribution in [2.24, 2.45) is 0 Å². The van der Waals surface area contributed by atoms with E-state index in [2.05, 4.69) is 115 Å². The number of rotatable bonds is 3. The number of hydrogen-bond donors (Lipinski definition) is 0. The fourth-order valence-corrected chi connectivity index (χ4v) is 7.89. The first-order valence-corrected chi connectivity index (χ1v) is 14.9. The standard InChI is InChI=1S/C41H25NO2/c43-42(44)39-21-11-8-16-31(39)34-25-38-40(32-17-5-4-14-28(32)34)33-18-7-10-20-36(33)41(38)35-19-9-6-15-29(35)30-23-22-27(24-37(30)41)26-12-2-1-3-13-26/h1-25H. The fraction of sp³-hybridized carbons (Fsp3) is 0.0244. The van der Waals surface area contributed by atoms with E-state index in [0.717, 1.165) is 16.3 Å². The molecule has 2 aliphatic rings. The number of nitro benzene ring substituents is 1. The van der Waals surface area contributed by atoms with E-state index in [0.29, 0.717) is 5.56 Å². The summed E-state index contributed by atoms with van der Waals surface area (Å²) in [5.74, 6) is 0. The molecule has 9 rings (SSSR count). The molecule has 0 heterocycles. The average Bonchev–Trinajstić information content (AvgIpc) is 3.55. The van der Waals surface area contributed by atoms with Gasteiger partial charge in [0.15, 0.2) is 0 Å². The molecule has 1 atom stereocenters. The fourth-order valence-electron chi connectivity index (χ4n) is 7.89. The molecule has 44 heavy (non-hydrogen) atoms. The minimum atomic E-state index is -0.578. The molecule has 0 amide bonds. The second-order valence-corrected chi connectivity index (χ2v) is 11.6.